The highest BCUT2D eigenvalue weighted by Gasteiger charge is 2.30. The van der Waals surface area contributed by atoms with Crippen LogP contribution in [0.15, 0.2) is 0 Å². The van der Waals surface area contributed by atoms with Gasteiger partial charge in [0.1, 0.15) is 19.3 Å². The molecule has 0 spiro atoms. The summed E-state index contributed by atoms with van der Waals surface area (Å²) in [6.45, 7) is 14.0. The maximum absolute atomic E-state index is 13.0. The molecule has 516 valence electrons. The van der Waals surface area contributed by atoms with Gasteiger partial charge in [-0.2, -0.15) is 0 Å². The minimum atomic E-state index is -4.95. The zero-order valence-corrected chi connectivity index (χ0v) is 58.4. The van der Waals surface area contributed by atoms with Gasteiger partial charge < -0.3 is 33.8 Å². The molecule has 0 heterocycles. The van der Waals surface area contributed by atoms with E-state index in [-0.39, 0.29) is 25.7 Å². The summed E-state index contributed by atoms with van der Waals surface area (Å²) in [4.78, 5) is 72.4. The average molecular weight is 1280 g/mol. The fourth-order valence-corrected chi connectivity index (χ4v) is 11.7. The standard InChI is InChI=1S/C68H132O17P2/c1-9-60(7)46-38-30-21-18-19-23-35-43-51-68(73)85-64(55-79-66(71)49-41-33-27-25-31-39-47-61(8)10-2)57-83-87(76,77)81-53-62(69)52-80-86(74,75)82-56-63(54-78-65(70)48-40-32-26-24-29-37-45-59(5)6)84-67(72)50-42-34-22-17-15-13-11-12-14-16-20-28-36-44-58(3)4/h58-64,69H,9-57H2,1-8H3,(H,74,75)(H,76,77)/t60?,61?,62-,63-,64-/m1/s1. The lowest BCUT2D eigenvalue weighted by molar-refractivity contribution is -0.161. The lowest BCUT2D eigenvalue weighted by atomic mass is 9.99. The Morgan fingerprint density at radius 2 is 0.552 bits per heavy atom. The number of carbonyl (C=O) groups is 4. The van der Waals surface area contributed by atoms with Crippen LogP contribution >= 0.6 is 15.6 Å². The van der Waals surface area contributed by atoms with E-state index in [9.17, 15) is 43.2 Å². The molecule has 0 fully saturated rings. The van der Waals surface area contributed by atoms with Gasteiger partial charge in [-0.25, -0.2) is 9.13 Å². The smallest absolute Gasteiger partial charge is 0.462 e. The van der Waals surface area contributed by atoms with Gasteiger partial charge in [-0.05, 0) is 49.4 Å². The van der Waals surface area contributed by atoms with E-state index in [1.807, 2.05) is 0 Å². The molecule has 0 aromatic heterocycles. The lowest BCUT2D eigenvalue weighted by Gasteiger charge is -2.21. The summed E-state index contributed by atoms with van der Waals surface area (Å²) in [6.07, 6.45) is 39.1. The third-order valence-corrected chi connectivity index (χ3v) is 18.2. The number of unbranched alkanes of at least 4 members (excludes halogenated alkanes) is 29. The topological polar surface area (TPSA) is 237 Å². The monoisotopic (exact) mass is 1280 g/mol. The van der Waals surface area contributed by atoms with E-state index in [2.05, 4.69) is 55.4 Å². The number of esters is 4. The van der Waals surface area contributed by atoms with E-state index in [0.29, 0.717) is 31.6 Å². The van der Waals surface area contributed by atoms with Crippen LogP contribution in [0.1, 0.15) is 331 Å². The fraction of sp³-hybridized carbons (Fsp3) is 0.941. The molecule has 0 saturated carbocycles. The van der Waals surface area contributed by atoms with Crippen LogP contribution in [0.25, 0.3) is 0 Å². The Kier molecular flexibility index (Phi) is 56.6. The summed E-state index contributed by atoms with van der Waals surface area (Å²) < 4.78 is 68.2. The second-order valence-electron chi connectivity index (χ2n) is 26.0. The predicted octanol–water partition coefficient (Wildman–Crippen LogP) is 18.9. The van der Waals surface area contributed by atoms with Crippen LogP contribution in [0.2, 0.25) is 0 Å². The summed E-state index contributed by atoms with van der Waals surface area (Å²) >= 11 is 0. The number of rotatable bonds is 65. The minimum absolute atomic E-state index is 0.103. The Balaban J connectivity index is 5.24. The molecular weight excluding hydrogens is 1150 g/mol. The largest absolute Gasteiger partial charge is 0.472 e. The summed E-state index contributed by atoms with van der Waals surface area (Å²) in [6, 6.07) is 0. The molecule has 0 aliphatic rings. The van der Waals surface area contributed by atoms with E-state index < -0.39 is 97.5 Å². The number of carbonyl (C=O) groups excluding carboxylic acids is 4. The first-order chi connectivity index (χ1) is 41.7. The second-order valence-corrected chi connectivity index (χ2v) is 28.9. The van der Waals surface area contributed by atoms with Gasteiger partial charge in [0.25, 0.3) is 0 Å². The maximum Gasteiger partial charge on any atom is 0.472 e. The van der Waals surface area contributed by atoms with E-state index in [0.717, 1.165) is 120 Å². The zero-order chi connectivity index (χ0) is 64.7. The first-order valence-corrected chi connectivity index (χ1v) is 38.3. The summed E-state index contributed by atoms with van der Waals surface area (Å²) in [5.74, 6) is 0.830. The SMILES string of the molecule is CCC(C)CCCCCCCCCCC(=O)O[C@H](COC(=O)CCCCCCCCC(C)CC)COP(=O)(O)OC[C@H](O)COP(=O)(O)OC[C@@H](COC(=O)CCCCCCCCC(C)C)OC(=O)CCCCCCCCCCCCCCCC(C)C. The highest BCUT2D eigenvalue weighted by molar-refractivity contribution is 7.47. The molecule has 0 amide bonds. The molecule has 0 rings (SSSR count). The first kappa shape index (κ1) is 85.1. The van der Waals surface area contributed by atoms with Crippen molar-refractivity contribution in [2.45, 2.75) is 350 Å². The molecule has 0 bridgehead atoms. The number of hydrogen-bond acceptors (Lipinski definition) is 15. The summed E-state index contributed by atoms with van der Waals surface area (Å²) in [5.41, 5.74) is 0. The van der Waals surface area contributed by atoms with Crippen molar-refractivity contribution < 1.29 is 80.2 Å². The van der Waals surface area contributed by atoms with Crippen molar-refractivity contribution in [1.82, 2.24) is 0 Å². The van der Waals surface area contributed by atoms with Crippen molar-refractivity contribution in [2.75, 3.05) is 39.6 Å². The van der Waals surface area contributed by atoms with Crippen molar-refractivity contribution in [2.24, 2.45) is 23.7 Å². The van der Waals surface area contributed by atoms with Crippen molar-refractivity contribution in [3.05, 3.63) is 0 Å². The Labute approximate surface area is 530 Å². The fourth-order valence-electron chi connectivity index (χ4n) is 10.1. The third kappa shape index (κ3) is 60.1. The number of phosphoric ester groups is 2. The van der Waals surface area contributed by atoms with Gasteiger partial charge in [-0.3, -0.25) is 37.3 Å². The molecule has 19 heteroatoms. The van der Waals surface area contributed by atoms with Crippen LogP contribution in [0.5, 0.6) is 0 Å². The van der Waals surface area contributed by atoms with E-state index in [4.69, 9.17) is 37.0 Å². The van der Waals surface area contributed by atoms with Gasteiger partial charge in [-0.15, -0.1) is 0 Å². The molecule has 3 N–H and O–H groups in total. The molecule has 87 heavy (non-hydrogen) atoms. The summed E-state index contributed by atoms with van der Waals surface area (Å²) in [7, 11) is -9.90. The quantitative estimate of drug-likeness (QED) is 0.0222. The molecule has 0 aromatic carbocycles. The van der Waals surface area contributed by atoms with Crippen LogP contribution in [0.4, 0.5) is 0 Å². The molecule has 0 aromatic rings. The summed E-state index contributed by atoms with van der Waals surface area (Å²) in [5, 5.41) is 10.6. The van der Waals surface area contributed by atoms with Crippen LogP contribution in [0.3, 0.4) is 0 Å². The highest BCUT2D eigenvalue weighted by Crippen LogP contribution is 2.45. The Bertz CT molecular complexity index is 1730. The second kappa shape index (κ2) is 57.9. The molecule has 4 unspecified atom stereocenters. The molecule has 0 aliphatic heterocycles. The van der Waals surface area contributed by atoms with Crippen molar-refractivity contribution in [1.29, 1.82) is 0 Å². The molecule has 0 saturated heterocycles. The molecule has 17 nitrogen and oxygen atoms in total. The molecule has 0 aliphatic carbocycles. The number of ether oxygens (including phenoxy) is 4. The number of aliphatic hydroxyl groups excluding tert-OH is 1. The van der Waals surface area contributed by atoms with Gasteiger partial charge in [0.2, 0.25) is 0 Å². The van der Waals surface area contributed by atoms with Crippen molar-refractivity contribution in [3.63, 3.8) is 0 Å². The number of aliphatic hydroxyl groups is 1. The third-order valence-electron chi connectivity index (χ3n) is 16.3. The number of phosphoric acid groups is 2. The maximum atomic E-state index is 13.0. The molecular formula is C68H132O17P2. The van der Waals surface area contributed by atoms with Gasteiger partial charge in [0, 0.05) is 25.7 Å². The zero-order valence-electron chi connectivity index (χ0n) is 56.6. The van der Waals surface area contributed by atoms with E-state index in [1.54, 1.807) is 0 Å². The van der Waals surface area contributed by atoms with Crippen LogP contribution in [-0.2, 0) is 65.4 Å². The van der Waals surface area contributed by atoms with Crippen molar-refractivity contribution >= 4 is 39.5 Å². The van der Waals surface area contributed by atoms with Crippen LogP contribution < -0.4 is 0 Å². The number of hydrogen-bond donors (Lipinski definition) is 3. The normalized spacial score (nSPS) is 15.0. The van der Waals surface area contributed by atoms with Gasteiger partial charge >= 0.3 is 39.5 Å². The highest BCUT2D eigenvalue weighted by atomic mass is 31.2. The van der Waals surface area contributed by atoms with Crippen LogP contribution in [-0.4, -0.2) is 96.7 Å². The van der Waals surface area contributed by atoms with Crippen LogP contribution in [0, 0.1) is 23.7 Å². The molecule has 0 radical (unpaired) electrons. The minimum Gasteiger partial charge on any atom is -0.462 e. The predicted molar refractivity (Wildman–Crippen MR) is 349 cm³/mol. The van der Waals surface area contributed by atoms with Gasteiger partial charge in [-0.1, -0.05) is 280 Å². The molecule has 7 atom stereocenters. The van der Waals surface area contributed by atoms with E-state index >= 15 is 0 Å². The van der Waals surface area contributed by atoms with E-state index in [1.165, 1.54) is 122 Å². The first-order valence-electron chi connectivity index (χ1n) is 35.3. The average Bonchev–Trinajstić information content (AvgIpc) is 3.50. The Morgan fingerprint density at radius 3 is 0.816 bits per heavy atom. The van der Waals surface area contributed by atoms with Crippen molar-refractivity contribution in [3.8, 4) is 0 Å². The Morgan fingerprint density at radius 1 is 0.322 bits per heavy atom. The van der Waals surface area contributed by atoms with Gasteiger partial charge in [0.05, 0.1) is 26.4 Å². The Hall–Kier alpha value is -1.94. The van der Waals surface area contributed by atoms with Gasteiger partial charge in [0.15, 0.2) is 12.2 Å². The lowest BCUT2D eigenvalue weighted by Crippen LogP contribution is -2.30.